The number of aryl methyl sites for hydroxylation is 2. The first-order valence-electron chi connectivity index (χ1n) is 7.73. The molecule has 21 heavy (non-hydrogen) atoms. The van der Waals surface area contributed by atoms with E-state index in [1.807, 2.05) is 19.9 Å². The summed E-state index contributed by atoms with van der Waals surface area (Å²) in [5.41, 5.74) is 2.03. The third kappa shape index (κ3) is 4.38. The lowest BCUT2D eigenvalue weighted by molar-refractivity contribution is -0.0933. The maximum Gasteiger partial charge on any atom is 0.223 e. The Balaban J connectivity index is 2.00. The van der Waals surface area contributed by atoms with E-state index >= 15 is 0 Å². The molecule has 0 radical (unpaired) electrons. The minimum atomic E-state index is 0.0350. The quantitative estimate of drug-likeness (QED) is 0.923. The van der Waals surface area contributed by atoms with Crippen molar-refractivity contribution in [3.8, 4) is 0 Å². The molecule has 1 fully saturated rings. The molecule has 2 atom stereocenters. The summed E-state index contributed by atoms with van der Waals surface area (Å²) < 4.78 is 5.82. The Morgan fingerprint density at radius 1 is 1.19 bits per heavy atom. The van der Waals surface area contributed by atoms with Crippen molar-refractivity contribution in [2.75, 3.05) is 25.0 Å². The van der Waals surface area contributed by atoms with E-state index < -0.39 is 0 Å². The standard InChI is InChI=1S/C16H28N4O/c1-11-7-12(2)19-15(18-11)17-10-16(5,6)20-8-13(3)21-14(4)9-20/h7,13-14H,8-10H2,1-6H3,(H,17,18,19). The number of morpholine rings is 1. The molecule has 1 aliphatic heterocycles. The van der Waals surface area contributed by atoms with Crippen molar-refractivity contribution in [3.05, 3.63) is 17.5 Å². The van der Waals surface area contributed by atoms with E-state index in [0.29, 0.717) is 0 Å². The topological polar surface area (TPSA) is 50.3 Å². The molecule has 0 spiro atoms. The van der Waals surface area contributed by atoms with Crippen molar-refractivity contribution in [2.24, 2.45) is 0 Å². The first-order chi connectivity index (χ1) is 9.76. The molecule has 1 aliphatic rings. The molecule has 0 amide bonds. The molecule has 1 N–H and O–H groups in total. The van der Waals surface area contributed by atoms with E-state index in [9.17, 15) is 0 Å². The summed E-state index contributed by atoms with van der Waals surface area (Å²) in [7, 11) is 0. The number of rotatable bonds is 4. The number of nitrogens with one attached hydrogen (secondary N) is 1. The molecular weight excluding hydrogens is 264 g/mol. The highest BCUT2D eigenvalue weighted by molar-refractivity contribution is 5.28. The summed E-state index contributed by atoms with van der Waals surface area (Å²) in [5, 5.41) is 3.39. The van der Waals surface area contributed by atoms with Gasteiger partial charge in [-0.05, 0) is 47.6 Å². The minimum absolute atomic E-state index is 0.0350. The largest absolute Gasteiger partial charge is 0.373 e. The number of hydrogen-bond donors (Lipinski definition) is 1. The minimum Gasteiger partial charge on any atom is -0.373 e. The third-order valence-electron chi connectivity index (χ3n) is 3.94. The van der Waals surface area contributed by atoms with Gasteiger partial charge in [0.05, 0.1) is 12.2 Å². The monoisotopic (exact) mass is 292 g/mol. The zero-order chi connectivity index (χ0) is 15.6. The maximum atomic E-state index is 5.82. The van der Waals surface area contributed by atoms with Crippen LogP contribution in [-0.2, 0) is 4.74 Å². The molecule has 5 nitrogen and oxygen atoms in total. The van der Waals surface area contributed by atoms with Gasteiger partial charge >= 0.3 is 0 Å². The second-order valence-electron chi connectivity index (χ2n) is 6.80. The Morgan fingerprint density at radius 3 is 2.24 bits per heavy atom. The highest BCUT2D eigenvalue weighted by Crippen LogP contribution is 2.21. The highest BCUT2D eigenvalue weighted by atomic mass is 16.5. The second-order valence-corrected chi connectivity index (χ2v) is 6.80. The van der Waals surface area contributed by atoms with Crippen LogP contribution in [0.25, 0.3) is 0 Å². The number of anilines is 1. The average molecular weight is 292 g/mol. The van der Waals surface area contributed by atoms with Crippen molar-refractivity contribution < 1.29 is 4.74 Å². The van der Waals surface area contributed by atoms with Crippen LogP contribution in [0.2, 0.25) is 0 Å². The smallest absolute Gasteiger partial charge is 0.223 e. The van der Waals surface area contributed by atoms with Gasteiger partial charge in [0.2, 0.25) is 5.95 Å². The Morgan fingerprint density at radius 2 is 1.71 bits per heavy atom. The molecule has 5 heteroatoms. The zero-order valence-electron chi connectivity index (χ0n) is 14.1. The van der Waals surface area contributed by atoms with Crippen molar-refractivity contribution in [2.45, 2.75) is 59.3 Å². The molecule has 2 heterocycles. The van der Waals surface area contributed by atoms with Gasteiger partial charge in [0, 0.05) is 36.6 Å². The van der Waals surface area contributed by atoms with Crippen LogP contribution in [0.1, 0.15) is 39.1 Å². The molecule has 0 aliphatic carbocycles. The Hall–Kier alpha value is -1.20. The SMILES string of the molecule is Cc1cc(C)nc(NCC(C)(C)N2CC(C)OC(C)C2)n1. The maximum absolute atomic E-state index is 5.82. The van der Waals surface area contributed by atoms with Gasteiger partial charge in [-0.25, -0.2) is 9.97 Å². The van der Waals surface area contributed by atoms with Gasteiger partial charge in [0.15, 0.2) is 0 Å². The fourth-order valence-electron chi connectivity index (χ4n) is 2.88. The normalized spacial score (nSPS) is 24.1. The first kappa shape index (κ1) is 16.2. The van der Waals surface area contributed by atoms with Gasteiger partial charge in [0.1, 0.15) is 0 Å². The van der Waals surface area contributed by atoms with Gasteiger partial charge in [-0.3, -0.25) is 4.90 Å². The first-order valence-corrected chi connectivity index (χ1v) is 7.73. The van der Waals surface area contributed by atoms with Gasteiger partial charge in [-0.1, -0.05) is 0 Å². The van der Waals surface area contributed by atoms with Crippen molar-refractivity contribution >= 4 is 5.95 Å². The molecule has 1 aromatic heterocycles. The van der Waals surface area contributed by atoms with E-state index in [2.05, 4.69) is 47.9 Å². The second kappa shape index (κ2) is 6.28. The van der Waals surface area contributed by atoms with Crippen molar-refractivity contribution in [3.63, 3.8) is 0 Å². The van der Waals surface area contributed by atoms with Gasteiger partial charge < -0.3 is 10.1 Å². The van der Waals surface area contributed by atoms with Crippen LogP contribution in [0.4, 0.5) is 5.95 Å². The van der Waals surface area contributed by atoms with E-state index in [1.54, 1.807) is 0 Å². The lowest BCUT2D eigenvalue weighted by Crippen LogP contribution is -2.57. The third-order valence-corrected chi connectivity index (χ3v) is 3.94. The van der Waals surface area contributed by atoms with Gasteiger partial charge in [0.25, 0.3) is 0 Å². The van der Waals surface area contributed by atoms with Gasteiger partial charge in [-0.2, -0.15) is 0 Å². The molecule has 1 aromatic rings. The number of aromatic nitrogens is 2. The molecule has 118 valence electrons. The fourth-order valence-corrected chi connectivity index (χ4v) is 2.88. The highest BCUT2D eigenvalue weighted by Gasteiger charge is 2.33. The van der Waals surface area contributed by atoms with Crippen molar-refractivity contribution in [1.29, 1.82) is 0 Å². The molecule has 2 rings (SSSR count). The summed E-state index contributed by atoms with van der Waals surface area (Å²) in [6.07, 6.45) is 0.566. The number of ether oxygens (including phenoxy) is 1. The Kier molecular flexibility index (Phi) is 4.84. The Labute approximate surface area is 128 Å². The lowest BCUT2D eigenvalue weighted by atomic mass is 10.00. The van der Waals surface area contributed by atoms with Crippen LogP contribution < -0.4 is 5.32 Å². The summed E-state index contributed by atoms with van der Waals surface area (Å²) in [6.45, 7) is 15.5. The molecule has 0 saturated carbocycles. The van der Waals surface area contributed by atoms with Crippen LogP contribution in [0, 0.1) is 13.8 Å². The van der Waals surface area contributed by atoms with E-state index in [1.165, 1.54) is 0 Å². The number of hydrogen-bond acceptors (Lipinski definition) is 5. The van der Waals surface area contributed by atoms with E-state index in [0.717, 1.165) is 37.0 Å². The molecule has 1 saturated heterocycles. The molecule has 2 unspecified atom stereocenters. The molecular formula is C16H28N4O. The fraction of sp³-hybridized carbons (Fsp3) is 0.750. The van der Waals surface area contributed by atoms with Crippen LogP contribution >= 0.6 is 0 Å². The summed E-state index contributed by atoms with van der Waals surface area (Å²) >= 11 is 0. The zero-order valence-corrected chi connectivity index (χ0v) is 14.1. The predicted molar refractivity (Wildman–Crippen MR) is 85.7 cm³/mol. The van der Waals surface area contributed by atoms with Crippen LogP contribution in [0.5, 0.6) is 0 Å². The summed E-state index contributed by atoms with van der Waals surface area (Å²) in [5.74, 6) is 0.718. The van der Waals surface area contributed by atoms with Crippen LogP contribution in [0.15, 0.2) is 6.07 Å². The van der Waals surface area contributed by atoms with Crippen molar-refractivity contribution in [1.82, 2.24) is 14.9 Å². The predicted octanol–water partition coefficient (Wildman–Crippen LogP) is 2.39. The summed E-state index contributed by atoms with van der Waals surface area (Å²) in [4.78, 5) is 11.4. The Bertz CT molecular complexity index is 459. The van der Waals surface area contributed by atoms with Crippen LogP contribution in [0.3, 0.4) is 0 Å². The lowest BCUT2D eigenvalue weighted by Gasteiger charge is -2.45. The number of nitrogens with zero attached hydrogens (tertiary/aromatic N) is 3. The average Bonchev–Trinajstić information content (AvgIpc) is 2.34. The molecule has 0 bridgehead atoms. The van der Waals surface area contributed by atoms with E-state index in [4.69, 9.17) is 4.74 Å². The van der Waals surface area contributed by atoms with Crippen LogP contribution in [-0.4, -0.2) is 52.2 Å². The molecule has 0 aromatic carbocycles. The van der Waals surface area contributed by atoms with E-state index in [-0.39, 0.29) is 17.7 Å². The van der Waals surface area contributed by atoms with Gasteiger partial charge in [-0.15, -0.1) is 0 Å². The summed E-state index contributed by atoms with van der Waals surface area (Å²) in [6, 6.07) is 1.99.